The fourth-order valence-corrected chi connectivity index (χ4v) is 2.57. The predicted molar refractivity (Wildman–Crippen MR) is 102 cm³/mol. The molecule has 0 aliphatic rings. The van der Waals surface area contributed by atoms with Crippen molar-refractivity contribution in [3.63, 3.8) is 0 Å². The SMILES string of the molecule is CCCCN(C)C(=O)c1ccnc(Nc2cc(C)c(Cl)cc2OC)c1. The van der Waals surface area contributed by atoms with Crippen LogP contribution >= 0.6 is 11.6 Å². The van der Waals surface area contributed by atoms with Gasteiger partial charge in [-0.2, -0.15) is 0 Å². The molecule has 2 rings (SSSR count). The molecule has 6 heteroatoms. The van der Waals surface area contributed by atoms with Gasteiger partial charge in [0.15, 0.2) is 0 Å². The van der Waals surface area contributed by atoms with Crippen molar-refractivity contribution < 1.29 is 9.53 Å². The fraction of sp³-hybridized carbons (Fsp3) is 0.368. The number of nitrogens with zero attached hydrogens (tertiary/aromatic N) is 2. The third kappa shape index (κ3) is 4.86. The molecule has 2 aromatic rings. The van der Waals surface area contributed by atoms with Gasteiger partial charge in [0.1, 0.15) is 11.6 Å². The number of anilines is 2. The minimum Gasteiger partial charge on any atom is -0.495 e. The Balaban J connectivity index is 2.22. The van der Waals surface area contributed by atoms with Crippen LogP contribution in [0.2, 0.25) is 5.02 Å². The number of unbranched alkanes of at least 4 members (excludes halogenated alkanes) is 1. The summed E-state index contributed by atoms with van der Waals surface area (Å²) in [6, 6.07) is 7.12. The molecule has 0 atom stereocenters. The minimum atomic E-state index is -0.0156. The number of methoxy groups -OCH3 is 1. The first-order valence-corrected chi connectivity index (χ1v) is 8.66. The molecule has 0 saturated carbocycles. The number of hydrogen-bond donors (Lipinski definition) is 1. The molecule has 0 aliphatic heterocycles. The van der Waals surface area contributed by atoms with E-state index >= 15 is 0 Å². The normalized spacial score (nSPS) is 10.4. The van der Waals surface area contributed by atoms with Crippen LogP contribution < -0.4 is 10.1 Å². The van der Waals surface area contributed by atoms with Gasteiger partial charge in [-0.05, 0) is 37.1 Å². The molecule has 1 aromatic carbocycles. The number of nitrogens with one attached hydrogen (secondary N) is 1. The summed E-state index contributed by atoms with van der Waals surface area (Å²) < 4.78 is 5.36. The van der Waals surface area contributed by atoms with Crippen LogP contribution in [0.1, 0.15) is 35.7 Å². The topological polar surface area (TPSA) is 54.5 Å². The summed E-state index contributed by atoms with van der Waals surface area (Å²) in [4.78, 5) is 18.5. The van der Waals surface area contributed by atoms with Crippen LogP contribution in [-0.4, -0.2) is 36.5 Å². The van der Waals surface area contributed by atoms with E-state index in [4.69, 9.17) is 16.3 Å². The van der Waals surface area contributed by atoms with Gasteiger partial charge in [-0.15, -0.1) is 0 Å². The van der Waals surface area contributed by atoms with Crippen LogP contribution in [0.5, 0.6) is 5.75 Å². The summed E-state index contributed by atoms with van der Waals surface area (Å²) in [6.45, 7) is 4.77. The third-order valence-corrected chi connectivity index (χ3v) is 4.35. The Bertz CT molecular complexity index is 749. The lowest BCUT2D eigenvalue weighted by molar-refractivity contribution is 0.0793. The molecular formula is C19H24ClN3O2. The van der Waals surface area contributed by atoms with Crippen molar-refractivity contribution in [2.75, 3.05) is 26.0 Å². The second kappa shape index (κ2) is 8.72. The maximum Gasteiger partial charge on any atom is 0.253 e. The van der Waals surface area contributed by atoms with Gasteiger partial charge in [0.25, 0.3) is 5.91 Å². The number of halogens is 1. The maximum absolute atomic E-state index is 12.5. The van der Waals surface area contributed by atoms with E-state index in [9.17, 15) is 4.79 Å². The molecule has 5 nitrogen and oxygen atoms in total. The molecule has 0 radical (unpaired) electrons. The van der Waals surface area contributed by atoms with Crippen molar-refractivity contribution in [2.24, 2.45) is 0 Å². The van der Waals surface area contributed by atoms with Gasteiger partial charge < -0.3 is 15.0 Å². The quantitative estimate of drug-likeness (QED) is 0.778. The van der Waals surface area contributed by atoms with Crippen molar-refractivity contribution >= 4 is 29.0 Å². The molecule has 25 heavy (non-hydrogen) atoms. The van der Waals surface area contributed by atoms with Crippen LogP contribution in [0.4, 0.5) is 11.5 Å². The highest BCUT2D eigenvalue weighted by Crippen LogP contribution is 2.32. The Morgan fingerprint density at radius 2 is 2.12 bits per heavy atom. The third-order valence-electron chi connectivity index (χ3n) is 3.94. The van der Waals surface area contributed by atoms with E-state index in [0.717, 1.165) is 30.6 Å². The number of ether oxygens (including phenoxy) is 1. The van der Waals surface area contributed by atoms with E-state index in [1.54, 1.807) is 36.4 Å². The monoisotopic (exact) mass is 361 g/mol. The van der Waals surface area contributed by atoms with Gasteiger partial charge in [0.2, 0.25) is 0 Å². The van der Waals surface area contributed by atoms with Gasteiger partial charge in [-0.1, -0.05) is 24.9 Å². The number of pyridine rings is 1. The first-order chi connectivity index (χ1) is 12.0. The van der Waals surface area contributed by atoms with E-state index in [1.807, 2.05) is 20.0 Å². The number of carbonyl (C=O) groups is 1. The lowest BCUT2D eigenvalue weighted by Crippen LogP contribution is -2.27. The molecule has 134 valence electrons. The summed E-state index contributed by atoms with van der Waals surface area (Å²) >= 11 is 6.14. The highest BCUT2D eigenvalue weighted by atomic mass is 35.5. The summed E-state index contributed by atoms with van der Waals surface area (Å²) in [5, 5.41) is 3.84. The minimum absolute atomic E-state index is 0.0156. The van der Waals surface area contributed by atoms with Crippen LogP contribution in [0.3, 0.4) is 0 Å². The number of aryl methyl sites for hydroxylation is 1. The van der Waals surface area contributed by atoms with Crippen molar-refractivity contribution in [3.05, 3.63) is 46.6 Å². The highest BCUT2D eigenvalue weighted by Gasteiger charge is 2.13. The molecule has 0 fully saturated rings. The maximum atomic E-state index is 12.5. The van der Waals surface area contributed by atoms with Crippen LogP contribution in [-0.2, 0) is 0 Å². The second-order valence-corrected chi connectivity index (χ2v) is 6.34. The number of carbonyl (C=O) groups excluding carboxylic acids is 1. The second-order valence-electron chi connectivity index (χ2n) is 5.94. The van der Waals surface area contributed by atoms with E-state index in [1.165, 1.54) is 0 Å². The van der Waals surface area contributed by atoms with Gasteiger partial charge in [0.05, 0.1) is 12.8 Å². The summed E-state index contributed by atoms with van der Waals surface area (Å²) in [5.41, 5.74) is 2.28. The zero-order valence-corrected chi connectivity index (χ0v) is 15.9. The smallest absolute Gasteiger partial charge is 0.253 e. The molecule has 1 aromatic heterocycles. The first-order valence-electron chi connectivity index (χ1n) is 8.29. The lowest BCUT2D eigenvalue weighted by atomic mass is 10.2. The number of benzene rings is 1. The van der Waals surface area contributed by atoms with Crippen molar-refractivity contribution in [1.29, 1.82) is 0 Å². The number of aromatic nitrogens is 1. The first kappa shape index (κ1) is 19.1. The zero-order valence-electron chi connectivity index (χ0n) is 15.1. The predicted octanol–water partition coefficient (Wildman–Crippen LogP) is 4.67. The molecule has 1 amide bonds. The van der Waals surface area contributed by atoms with E-state index < -0.39 is 0 Å². The lowest BCUT2D eigenvalue weighted by Gasteiger charge is -2.17. The number of amides is 1. The average molecular weight is 362 g/mol. The Kier molecular flexibility index (Phi) is 6.65. The van der Waals surface area contributed by atoms with E-state index in [0.29, 0.717) is 22.2 Å². The molecule has 0 saturated heterocycles. The molecule has 0 unspecified atom stereocenters. The Hall–Kier alpha value is -2.27. The Morgan fingerprint density at radius 3 is 2.80 bits per heavy atom. The summed E-state index contributed by atoms with van der Waals surface area (Å²) in [7, 11) is 3.40. The van der Waals surface area contributed by atoms with E-state index in [2.05, 4.69) is 17.2 Å². The molecule has 0 spiro atoms. The molecule has 0 aliphatic carbocycles. The largest absolute Gasteiger partial charge is 0.495 e. The van der Waals surface area contributed by atoms with Crippen LogP contribution in [0, 0.1) is 6.92 Å². The highest BCUT2D eigenvalue weighted by molar-refractivity contribution is 6.31. The van der Waals surface area contributed by atoms with Crippen molar-refractivity contribution in [3.8, 4) is 5.75 Å². The van der Waals surface area contributed by atoms with Crippen LogP contribution in [0.25, 0.3) is 0 Å². The van der Waals surface area contributed by atoms with E-state index in [-0.39, 0.29) is 5.91 Å². The van der Waals surface area contributed by atoms with Gasteiger partial charge in [0, 0.05) is 36.4 Å². The molecule has 1 heterocycles. The fourth-order valence-electron chi connectivity index (χ4n) is 2.42. The zero-order chi connectivity index (χ0) is 18.4. The van der Waals surface area contributed by atoms with Gasteiger partial charge in [-0.3, -0.25) is 4.79 Å². The molecule has 0 bridgehead atoms. The molecule has 1 N–H and O–H groups in total. The van der Waals surface area contributed by atoms with Gasteiger partial charge in [-0.25, -0.2) is 4.98 Å². The summed E-state index contributed by atoms with van der Waals surface area (Å²) in [5.74, 6) is 1.18. The standard InChI is InChI=1S/C19H24ClN3O2/c1-5-6-9-23(3)19(24)14-7-8-21-18(11-14)22-16-10-13(2)15(20)12-17(16)25-4/h7-8,10-12H,5-6,9H2,1-4H3,(H,21,22). The van der Waals surface area contributed by atoms with Crippen molar-refractivity contribution in [1.82, 2.24) is 9.88 Å². The number of hydrogen-bond acceptors (Lipinski definition) is 4. The number of rotatable bonds is 7. The Labute approximate surface area is 154 Å². The van der Waals surface area contributed by atoms with Crippen molar-refractivity contribution in [2.45, 2.75) is 26.7 Å². The summed E-state index contributed by atoms with van der Waals surface area (Å²) in [6.07, 6.45) is 3.66. The van der Waals surface area contributed by atoms with Crippen LogP contribution in [0.15, 0.2) is 30.5 Å². The van der Waals surface area contributed by atoms with Gasteiger partial charge >= 0.3 is 0 Å². The average Bonchev–Trinajstić information content (AvgIpc) is 2.62. The Morgan fingerprint density at radius 1 is 1.36 bits per heavy atom. The molecular weight excluding hydrogens is 338 g/mol.